The lowest BCUT2D eigenvalue weighted by Gasteiger charge is -2.16. The summed E-state index contributed by atoms with van der Waals surface area (Å²) in [6.45, 7) is 1.40. The predicted octanol–water partition coefficient (Wildman–Crippen LogP) is 2.12. The summed E-state index contributed by atoms with van der Waals surface area (Å²) in [5.74, 6) is -1.27. The number of nitrogens with one attached hydrogen (secondary N) is 2. The summed E-state index contributed by atoms with van der Waals surface area (Å²) in [7, 11) is 0. The van der Waals surface area contributed by atoms with Crippen LogP contribution in [0, 0.1) is 0 Å². The van der Waals surface area contributed by atoms with Gasteiger partial charge in [0.05, 0.1) is 0 Å². The van der Waals surface area contributed by atoms with Gasteiger partial charge in [0.25, 0.3) is 5.91 Å². The summed E-state index contributed by atoms with van der Waals surface area (Å²) in [5, 5.41) is 5.77. The molecule has 0 aliphatic heterocycles. The van der Waals surface area contributed by atoms with Crippen LogP contribution in [0.2, 0.25) is 5.02 Å². The number of carbonyl (C=O) groups is 3. The Morgan fingerprint density at radius 3 is 2.36 bits per heavy atom. The summed E-state index contributed by atoms with van der Waals surface area (Å²) in [6.07, 6.45) is 0.242. The highest BCUT2D eigenvalue weighted by Gasteiger charge is 2.19. The van der Waals surface area contributed by atoms with Crippen molar-refractivity contribution in [1.82, 2.24) is 5.32 Å². The van der Waals surface area contributed by atoms with Gasteiger partial charge in [0.1, 0.15) is 6.04 Å². The molecule has 7 heteroatoms. The molecule has 1 atom stereocenters. The highest BCUT2D eigenvalue weighted by atomic mass is 35.5. The standard InChI is InChI=1S/C18H18ClN3O3/c1-11(23)21-15-7-5-13(6-8-15)18(25)22-16(17(20)24)10-12-3-2-4-14(19)9-12/h2-9,16H,10H2,1H3,(H2,20,24)(H,21,23)(H,22,25)/t16-/m1/s1. The van der Waals surface area contributed by atoms with Crippen LogP contribution in [0.15, 0.2) is 48.5 Å². The summed E-state index contributed by atoms with van der Waals surface area (Å²) in [5.41, 5.74) is 7.11. The van der Waals surface area contributed by atoms with Gasteiger partial charge >= 0.3 is 0 Å². The third-order valence-electron chi connectivity index (χ3n) is 3.45. The van der Waals surface area contributed by atoms with Gasteiger partial charge in [-0.15, -0.1) is 0 Å². The molecule has 0 bridgehead atoms. The topological polar surface area (TPSA) is 101 Å². The Bertz CT molecular complexity index is 790. The second-order valence-electron chi connectivity index (χ2n) is 5.52. The molecule has 6 nitrogen and oxygen atoms in total. The van der Waals surface area contributed by atoms with E-state index in [0.29, 0.717) is 16.3 Å². The fourth-order valence-corrected chi connectivity index (χ4v) is 2.49. The number of benzene rings is 2. The van der Waals surface area contributed by atoms with Crippen LogP contribution in [-0.2, 0) is 16.0 Å². The van der Waals surface area contributed by atoms with E-state index in [9.17, 15) is 14.4 Å². The fraction of sp³-hybridized carbons (Fsp3) is 0.167. The molecule has 2 aromatic rings. The molecule has 0 aromatic heterocycles. The van der Waals surface area contributed by atoms with Crippen molar-refractivity contribution in [2.75, 3.05) is 5.32 Å². The third-order valence-corrected chi connectivity index (χ3v) is 3.68. The van der Waals surface area contributed by atoms with Crippen molar-refractivity contribution in [3.8, 4) is 0 Å². The van der Waals surface area contributed by atoms with Crippen molar-refractivity contribution in [3.63, 3.8) is 0 Å². The largest absolute Gasteiger partial charge is 0.368 e. The van der Waals surface area contributed by atoms with Gasteiger partial charge in [-0.2, -0.15) is 0 Å². The van der Waals surface area contributed by atoms with Gasteiger partial charge in [-0.05, 0) is 42.0 Å². The Hall–Kier alpha value is -2.86. The van der Waals surface area contributed by atoms with Crippen molar-refractivity contribution in [1.29, 1.82) is 0 Å². The zero-order valence-corrected chi connectivity index (χ0v) is 14.3. The van der Waals surface area contributed by atoms with E-state index in [0.717, 1.165) is 5.56 Å². The first-order valence-electron chi connectivity index (χ1n) is 7.57. The zero-order chi connectivity index (χ0) is 18.4. The number of amides is 3. The minimum Gasteiger partial charge on any atom is -0.368 e. The van der Waals surface area contributed by atoms with E-state index >= 15 is 0 Å². The maximum Gasteiger partial charge on any atom is 0.251 e. The lowest BCUT2D eigenvalue weighted by molar-refractivity contribution is -0.119. The van der Waals surface area contributed by atoms with Crippen LogP contribution in [-0.4, -0.2) is 23.8 Å². The Kier molecular flexibility index (Phi) is 6.14. The van der Waals surface area contributed by atoms with Crippen LogP contribution in [0.5, 0.6) is 0 Å². The van der Waals surface area contributed by atoms with E-state index in [1.165, 1.54) is 6.92 Å². The van der Waals surface area contributed by atoms with Crippen LogP contribution in [0.25, 0.3) is 0 Å². The van der Waals surface area contributed by atoms with Crippen LogP contribution < -0.4 is 16.4 Å². The predicted molar refractivity (Wildman–Crippen MR) is 96.4 cm³/mol. The minimum atomic E-state index is -0.860. The molecule has 2 rings (SSSR count). The molecule has 0 aliphatic rings. The summed E-state index contributed by atoms with van der Waals surface area (Å²) >= 11 is 5.93. The Balaban J connectivity index is 2.07. The Morgan fingerprint density at radius 2 is 1.80 bits per heavy atom. The maximum absolute atomic E-state index is 12.3. The lowest BCUT2D eigenvalue weighted by atomic mass is 10.0. The molecule has 0 unspecified atom stereocenters. The first kappa shape index (κ1) is 18.5. The van der Waals surface area contributed by atoms with Gasteiger partial charge in [-0.1, -0.05) is 23.7 Å². The second-order valence-corrected chi connectivity index (χ2v) is 5.96. The SMILES string of the molecule is CC(=O)Nc1ccc(C(=O)N[C@H](Cc2cccc(Cl)c2)C(N)=O)cc1. The van der Waals surface area contributed by atoms with Gasteiger partial charge in [-0.25, -0.2) is 0 Å². The van der Waals surface area contributed by atoms with Crippen molar-refractivity contribution in [2.45, 2.75) is 19.4 Å². The highest BCUT2D eigenvalue weighted by molar-refractivity contribution is 6.30. The zero-order valence-electron chi connectivity index (χ0n) is 13.6. The van der Waals surface area contributed by atoms with Crippen molar-refractivity contribution < 1.29 is 14.4 Å². The van der Waals surface area contributed by atoms with Crippen LogP contribution in [0.1, 0.15) is 22.8 Å². The molecule has 3 amide bonds. The van der Waals surface area contributed by atoms with E-state index in [1.54, 1.807) is 48.5 Å². The lowest BCUT2D eigenvalue weighted by Crippen LogP contribution is -2.45. The molecular formula is C18H18ClN3O3. The number of carbonyl (C=O) groups excluding carboxylic acids is 3. The van der Waals surface area contributed by atoms with Gasteiger partial charge < -0.3 is 16.4 Å². The number of hydrogen-bond donors (Lipinski definition) is 3. The molecule has 2 aromatic carbocycles. The highest BCUT2D eigenvalue weighted by Crippen LogP contribution is 2.13. The molecule has 0 saturated carbocycles. The summed E-state index contributed by atoms with van der Waals surface area (Å²) in [4.78, 5) is 35.0. The van der Waals surface area contributed by atoms with Gasteiger partial charge in [0.2, 0.25) is 11.8 Å². The van der Waals surface area contributed by atoms with E-state index in [-0.39, 0.29) is 12.3 Å². The van der Waals surface area contributed by atoms with E-state index < -0.39 is 17.9 Å². The quantitative estimate of drug-likeness (QED) is 0.736. The van der Waals surface area contributed by atoms with Crippen LogP contribution in [0.3, 0.4) is 0 Å². The molecule has 0 saturated heterocycles. The Labute approximate surface area is 150 Å². The van der Waals surface area contributed by atoms with Crippen LogP contribution in [0.4, 0.5) is 5.69 Å². The average molecular weight is 360 g/mol. The molecule has 0 radical (unpaired) electrons. The number of nitrogens with two attached hydrogens (primary N) is 1. The number of anilines is 1. The number of hydrogen-bond acceptors (Lipinski definition) is 3. The molecule has 0 fully saturated rings. The molecule has 130 valence electrons. The van der Waals surface area contributed by atoms with Crippen molar-refractivity contribution in [3.05, 3.63) is 64.7 Å². The molecule has 0 spiro atoms. The van der Waals surface area contributed by atoms with Crippen molar-refractivity contribution in [2.24, 2.45) is 5.73 Å². The fourth-order valence-electron chi connectivity index (χ4n) is 2.27. The smallest absolute Gasteiger partial charge is 0.251 e. The van der Waals surface area contributed by atoms with Gasteiger partial charge in [-0.3, -0.25) is 14.4 Å². The average Bonchev–Trinajstić information content (AvgIpc) is 2.54. The number of rotatable bonds is 6. The first-order valence-corrected chi connectivity index (χ1v) is 7.95. The molecule has 25 heavy (non-hydrogen) atoms. The van der Waals surface area contributed by atoms with Gasteiger partial charge in [0, 0.05) is 29.6 Å². The molecule has 0 heterocycles. The normalized spacial score (nSPS) is 11.4. The molecule has 4 N–H and O–H groups in total. The second kappa shape index (κ2) is 8.30. The Morgan fingerprint density at radius 1 is 1.12 bits per heavy atom. The molecular weight excluding hydrogens is 342 g/mol. The van der Waals surface area contributed by atoms with Gasteiger partial charge in [0.15, 0.2) is 0 Å². The van der Waals surface area contributed by atoms with Crippen LogP contribution >= 0.6 is 11.6 Å². The first-order chi connectivity index (χ1) is 11.8. The van der Waals surface area contributed by atoms with E-state index in [4.69, 9.17) is 17.3 Å². The number of halogens is 1. The summed E-state index contributed by atoms with van der Waals surface area (Å²) in [6, 6.07) is 12.5. The van der Waals surface area contributed by atoms with E-state index in [2.05, 4.69) is 10.6 Å². The third kappa shape index (κ3) is 5.61. The number of primary amides is 1. The van der Waals surface area contributed by atoms with E-state index in [1.807, 2.05) is 0 Å². The maximum atomic E-state index is 12.3. The van der Waals surface area contributed by atoms with Crippen molar-refractivity contribution >= 4 is 35.0 Å². The summed E-state index contributed by atoms with van der Waals surface area (Å²) < 4.78 is 0. The monoisotopic (exact) mass is 359 g/mol. The minimum absolute atomic E-state index is 0.201. The molecule has 0 aliphatic carbocycles.